The summed E-state index contributed by atoms with van der Waals surface area (Å²) in [6.45, 7) is 2.06. The Bertz CT molecular complexity index is 539. The number of carbonyl (C=O) groups is 1. The maximum atomic E-state index is 11.9. The number of carbonyl (C=O) groups excluding carboxylic acids is 1. The monoisotopic (exact) mass is 323 g/mol. The highest BCUT2D eigenvalue weighted by molar-refractivity contribution is 9.10. The second-order valence-corrected chi connectivity index (χ2v) is 4.84. The number of nitrogens with one attached hydrogen (secondary N) is 1. The molecule has 1 heterocycles. The second-order valence-electron chi connectivity index (χ2n) is 3.99. The Kier molecular flexibility index (Phi) is 4.63. The lowest BCUT2D eigenvalue weighted by Gasteiger charge is -2.15. The molecule has 0 aliphatic carbocycles. The van der Waals surface area contributed by atoms with E-state index in [4.69, 9.17) is 9.15 Å². The van der Waals surface area contributed by atoms with Crippen molar-refractivity contribution >= 4 is 21.8 Å². The fourth-order valence-corrected chi connectivity index (χ4v) is 1.89. The van der Waals surface area contributed by atoms with Gasteiger partial charge in [-0.2, -0.15) is 0 Å². The molecular formula is C14H14BrNO3. The van der Waals surface area contributed by atoms with Gasteiger partial charge in [0.2, 0.25) is 0 Å². The maximum Gasteiger partial charge on any atom is 0.261 e. The van der Waals surface area contributed by atoms with Crippen molar-refractivity contribution in [3.8, 4) is 5.75 Å². The van der Waals surface area contributed by atoms with Crippen molar-refractivity contribution in [3.63, 3.8) is 0 Å². The van der Waals surface area contributed by atoms with Crippen molar-refractivity contribution in [1.29, 1.82) is 0 Å². The van der Waals surface area contributed by atoms with Crippen molar-refractivity contribution in [2.45, 2.75) is 19.6 Å². The zero-order chi connectivity index (χ0) is 13.7. The Morgan fingerprint density at radius 1 is 1.37 bits per heavy atom. The van der Waals surface area contributed by atoms with Crippen LogP contribution in [-0.4, -0.2) is 12.0 Å². The number of rotatable bonds is 5. The van der Waals surface area contributed by atoms with Gasteiger partial charge < -0.3 is 14.5 Å². The standard InChI is InChI=1S/C14H14BrNO3/c1-10(19-13-7-3-2-6-12(13)15)14(17)16-9-11-5-4-8-18-11/h2-8,10H,9H2,1H3,(H,16,17)/t10-/m1/s1. The molecule has 0 unspecified atom stereocenters. The van der Waals surface area contributed by atoms with Crippen LogP contribution in [0.25, 0.3) is 0 Å². The lowest BCUT2D eigenvalue weighted by atomic mass is 10.3. The van der Waals surface area contributed by atoms with E-state index in [0.717, 1.165) is 4.47 Å². The molecule has 1 amide bonds. The Balaban J connectivity index is 1.87. The first kappa shape index (κ1) is 13.7. The Hall–Kier alpha value is -1.75. The minimum absolute atomic E-state index is 0.188. The van der Waals surface area contributed by atoms with Gasteiger partial charge in [-0.1, -0.05) is 12.1 Å². The first-order valence-corrected chi connectivity index (χ1v) is 6.67. The van der Waals surface area contributed by atoms with Crippen LogP contribution in [0.4, 0.5) is 0 Å². The van der Waals surface area contributed by atoms with Gasteiger partial charge in [0.05, 0.1) is 17.3 Å². The lowest BCUT2D eigenvalue weighted by molar-refractivity contribution is -0.127. The third-order valence-electron chi connectivity index (χ3n) is 2.53. The summed E-state index contributed by atoms with van der Waals surface area (Å²) in [4.78, 5) is 11.9. The molecule has 5 heteroatoms. The molecule has 4 nitrogen and oxygen atoms in total. The van der Waals surface area contributed by atoms with E-state index < -0.39 is 6.10 Å². The number of benzene rings is 1. The topological polar surface area (TPSA) is 51.5 Å². The van der Waals surface area contributed by atoms with E-state index >= 15 is 0 Å². The summed E-state index contributed by atoms with van der Waals surface area (Å²) >= 11 is 3.37. The number of ether oxygens (including phenoxy) is 1. The molecule has 2 aromatic rings. The minimum atomic E-state index is -0.575. The van der Waals surface area contributed by atoms with Crippen LogP contribution < -0.4 is 10.1 Å². The highest BCUT2D eigenvalue weighted by Gasteiger charge is 2.15. The van der Waals surface area contributed by atoms with Gasteiger partial charge in [-0.3, -0.25) is 4.79 Å². The zero-order valence-electron chi connectivity index (χ0n) is 10.4. The van der Waals surface area contributed by atoms with E-state index in [1.807, 2.05) is 18.2 Å². The van der Waals surface area contributed by atoms with Crippen molar-refractivity contribution in [3.05, 3.63) is 52.9 Å². The Labute approximate surface area is 119 Å². The molecule has 0 saturated heterocycles. The summed E-state index contributed by atoms with van der Waals surface area (Å²) < 4.78 is 11.5. The Morgan fingerprint density at radius 3 is 2.84 bits per heavy atom. The molecule has 0 radical (unpaired) electrons. The largest absolute Gasteiger partial charge is 0.480 e. The molecule has 1 atom stereocenters. The van der Waals surface area contributed by atoms with Gasteiger partial charge in [-0.05, 0) is 47.1 Å². The molecule has 1 aromatic carbocycles. The average Bonchev–Trinajstić information content (AvgIpc) is 2.91. The summed E-state index contributed by atoms with van der Waals surface area (Å²) in [6.07, 6.45) is 0.997. The number of hydrogen-bond acceptors (Lipinski definition) is 3. The Morgan fingerprint density at radius 2 is 2.16 bits per heavy atom. The predicted octanol–water partition coefficient (Wildman–Crippen LogP) is 3.13. The number of amides is 1. The highest BCUT2D eigenvalue weighted by atomic mass is 79.9. The number of para-hydroxylation sites is 1. The molecule has 2 rings (SSSR count). The van der Waals surface area contributed by atoms with Crippen LogP contribution in [0.15, 0.2) is 51.6 Å². The normalized spacial score (nSPS) is 11.9. The molecular weight excluding hydrogens is 310 g/mol. The molecule has 0 bridgehead atoms. The predicted molar refractivity (Wildman–Crippen MR) is 74.8 cm³/mol. The van der Waals surface area contributed by atoms with E-state index in [0.29, 0.717) is 18.1 Å². The SMILES string of the molecule is C[C@@H](Oc1ccccc1Br)C(=O)NCc1ccco1. The maximum absolute atomic E-state index is 11.9. The molecule has 0 saturated carbocycles. The fourth-order valence-electron chi connectivity index (χ4n) is 1.52. The third-order valence-corrected chi connectivity index (χ3v) is 3.18. The van der Waals surface area contributed by atoms with Crippen LogP contribution in [-0.2, 0) is 11.3 Å². The highest BCUT2D eigenvalue weighted by Crippen LogP contribution is 2.24. The van der Waals surface area contributed by atoms with E-state index in [-0.39, 0.29) is 5.91 Å². The van der Waals surface area contributed by atoms with E-state index in [1.54, 1.807) is 31.4 Å². The quantitative estimate of drug-likeness (QED) is 0.919. The van der Waals surface area contributed by atoms with Gasteiger partial charge in [0.1, 0.15) is 11.5 Å². The second kappa shape index (κ2) is 6.43. The summed E-state index contributed by atoms with van der Waals surface area (Å²) in [5.41, 5.74) is 0. The number of hydrogen-bond donors (Lipinski definition) is 1. The zero-order valence-corrected chi connectivity index (χ0v) is 12.0. The van der Waals surface area contributed by atoms with Crippen molar-refractivity contribution in [2.24, 2.45) is 0 Å². The van der Waals surface area contributed by atoms with Crippen molar-refractivity contribution in [1.82, 2.24) is 5.32 Å². The van der Waals surface area contributed by atoms with Gasteiger partial charge in [0.15, 0.2) is 6.10 Å². The van der Waals surface area contributed by atoms with Crippen LogP contribution in [0.5, 0.6) is 5.75 Å². The molecule has 1 aromatic heterocycles. The minimum Gasteiger partial charge on any atom is -0.480 e. The molecule has 100 valence electrons. The van der Waals surface area contributed by atoms with Crippen LogP contribution in [0.2, 0.25) is 0 Å². The van der Waals surface area contributed by atoms with Crippen LogP contribution >= 0.6 is 15.9 Å². The van der Waals surface area contributed by atoms with Crippen LogP contribution in [0.1, 0.15) is 12.7 Å². The number of furan rings is 1. The van der Waals surface area contributed by atoms with E-state index in [2.05, 4.69) is 21.2 Å². The van der Waals surface area contributed by atoms with Gasteiger partial charge >= 0.3 is 0 Å². The summed E-state index contributed by atoms with van der Waals surface area (Å²) in [6, 6.07) is 11.0. The first-order valence-electron chi connectivity index (χ1n) is 5.88. The van der Waals surface area contributed by atoms with Gasteiger partial charge in [0, 0.05) is 0 Å². The molecule has 0 spiro atoms. The van der Waals surface area contributed by atoms with Crippen LogP contribution in [0, 0.1) is 0 Å². The molecule has 19 heavy (non-hydrogen) atoms. The van der Waals surface area contributed by atoms with Crippen molar-refractivity contribution < 1.29 is 13.9 Å². The van der Waals surface area contributed by atoms with Crippen molar-refractivity contribution in [2.75, 3.05) is 0 Å². The molecule has 1 N–H and O–H groups in total. The van der Waals surface area contributed by atoms with Gasteiger partial charge in [0.25, 0.3) is 5.91 Å². The van der Waals surface area contributed by atoms with Gasteiger partial charge in [-0.15, -0.1) is 0 Å². The summed E-state index contributed by atoms with van der Waals surface area (Å²) in [5.74, 6) is 1.16. The third kappa shape index (κ3) is 3.86. The van der Waals surface area contributed by atoms with Crippen LogP contribution in [0.3, 0.4) is 0 Å². The lowest BCUT2D eigenvalue weighted by Crippen LogP contribution is -2.35. The molecule has 0 aliphatic rings. The fraction of sp³-hybridized carbons (Fsp3) is 0.214. The average molecular weight is 324 g/mol. The van der Waals surface area contributed by atoms with E-state index in [1.165, 1.54) is 0 Å². The number of halogens is 1. The van der Waals surface area contributed by atoms with Gasteiger partial charge in [-0.25, -0.2) is 0 Å². The molecule has 0 aliphatic heterocycles. The summed E-state index contributed by atoms with van der Waals surface area (Å²) in [5, 5.41) is 2.75. The first-order chi connectivity index (χ1) is 9.16. The smallest absolute Gasteiger partial charge is 0.261 e. The summed E-state index contributed by atoms with van der Waals surface area (Å²) in [7, 11) is 0. The molecule has 0 fully saturated rings. The van der Waals surface area contributed by atoms with E-state index in [9.17, 15) is 4.79 Å².